The molecule has 0 fully saturated rings. The van der Waals surface area contributed by atoms with Crippen molar-refractivity contribution in [2.24, 2.45) is 0 Å². The van der Waals surface area contributed by atoms with Gasteiger partial charge in [-0.05, 0) is 12.0 Å². The van der Waals surface area contributed by atoms with Gasteiger partial charge in [-0.25, -0.2) is 9.97 Å². The minimum absolute atomic E-state index is 0.517. The number of hydrogen-bond acceptors (Lipinski definition) is 3. The number of aryl methyl sites for hydroxylation is 2. The van der Waals surface area contributed by atoms with E-state index in [1.807, 2.05) is 18.2 Å². The lowest BCUT2D eigenvalue weighted by Crippen LogP contribution is -1.98. The molecule has 0 saturated carbocycles. The zero-order valence-electron chi connectivity index (χ0n) is 8.84. The van der Waals surface area contributed by atoms with Gasteiger partial charge in [0.15, 0.2) is 6.29 Å². The Labute approximate surface area is 94.2 Å². The van der Waals surface area contributed by atoms with Gasteiger partial charge in [0, 0.05) is 18.8 Å². The van der Waals surface area contributed by atoms with Crippen LogP contribution in [0.1, 0.15) is 21.7 Å². The number of carbonyl (C=O) groups is 1. The maximum absolute atomic E-state index is 10.4. The molecule has 16 heavy (non-hydrogen) atoms. The molecule has 80 valence electrons. The summed E-state index contributed by atoms with van der Waals surface area (Å²) in [6.07, 6.45) is 5.58. The molecule has 0 unspecified atom stereocenters. The first-order valence-electron chi connectivity index (χ1n) is 5.18. The summed E-state index contributed by atoms with van der Waals surface area (Å²) in [7, 11) is 0. The van der Waals surface area contributed by atoms with Crippen LogP contribution in [0.5, 0.6) is 0 Å². The fourth-order valence-corrected chi connectivity index (χ4v) is 1.46. The van der Waals surface area contributed by atoms with Crippen molar-refractivity contribution in [1.82, 2.24) is 9.97 Å². The van der Waals surface area contributed by atoms with Crippen molar-refractivity contribution in [2.75, 3.05) is 0 Å². The number of carbonyl (C=O) groups excluding carboxylic acids is 1. The van der Waals surface area contributed by atoms with Gasteiger partial charge >= 0.3 is 0 Å². The van der Waals surface area contributed by atoms with E-state index in [0.717, 1.165) is 25.0 Å². The van der Waals surface area contributed by atoms with Gasteiger partial charge in [0.2, 0.25) is 0 Å². The Kier molecular flexibility index (Phi) is 3.38. The number of nitrogens with zero attached hydrogens (tertiary/aromatic N) is 2. The van der Waals surface area contributed by atoms with Crippen LogP contribution in [0.2, 0.25) is 0 Å². The first-order valence-corrected chi connectivity index (χ1v) is 5.18. The number of rotatable bonds is 4. The third-order valence-corrected chi connectivity index (χ3v) is 2.34. The Balaban J connectivity index is 1.97. The van der Waals surface area contributed by atoms with E-state index in [-0.39, 0.29) is 0 Å². The van der Waals surface area contributed by atoms with Crippen molar-refractivity contribution >= 4 is 6.29 Å². The van der Waals surface area contributed by atoms with Crippen LogP contribution in [-0.2, 0) is 12.8 Å². The van der Waals surface area contributed by atoms with Crippen LogP contribution in [0.3, 0.4) is 0 Å². The second-order valence-electron chi connectivity index (χ2n) is 3.54. The zero-order chi connectivity index (χ0) is 11.2. The minimum Gasteiger partial charge on any atom is -0.298 e. The highest BCUT2D eigenvalue weighted by atomic mass is 16.1. The topological polar surface area (TPSA) is 42.9 Å². The molecule has 0 spiro atoms. The van der Waals surface area contributed by atoms with E-state index in [0.29, 0.717) is 5.56 Å². The number of benzene rings is 1. The largest absolute Gasteiger partial charge is 0.298 e. The number of aromatic nitrogens is 2. The van der Waals surface area contributed by atoms with Gasteiger partial charge < -0.3 is 0 Å². The fraction of sp³-hybridized carbons (Fsp3) is 0.154. The van der Waals surface area contributed by atoms with E-state index in [1.165, 1.54) is 5.56 Å². The molecule has 0 aliphatic heterocycles. The third kappa shape index (κ3) is 2.73. The van der Waals surface area contributed by atoms with E-state index in [4.69, 9.17) is 0 Å². The highest BCUT2D eigenvalue weighted by molar-refractivity contribution is 5.73. The second kappa shape index (κ2) is 5.16. The highest BCUT2D eigenvalue weighted by Gasteiger charge is 1.98. The van der Waals surface area contributed by atoms with Crippen molar-refractivity contribution < 1.29 is 4.79 Å². The molecule has 1 heterocycles. The lowest BCUT2D eigenvalue weighted by atomic mass is 10.1. The van der Waals surface area contributed by atoms with Crippen LogP contribution in [-0.4, -0.2) is 16.3 Å². The van der Waals surface area contributed by atoms with Crippen molar-refractivity contribution in [3.63, 3.8) is 0 Å². The third-order valence-electron chi connectivity index (χ3n) is 2.34. The van der Waals surface area contributed by atoms with E-state index in [2.05, 4.69) is 22.1 Å². The average Bonchev–Trinajstić information content (AvgIpc) is 2.38. The molecule has 1 aromatic carbocycles. The number of aldehydes is 1. The molecule has 2 aromatic rings. The van der Waals surface area contributed by atoms with Gasteiger partial charge in [0.25, 0.3) is 0 Å². The Morgan fingerprint density at radius 2 is 1.69 bits per heavy atom. The van der Waals surface area contributed by atoms with Crippen LogP contribution >= 0.6 is 0 Å². The minimum atomic E-state index is 0.517. The van der Waals surface area contributed by atoms with Gasteiger partial charge in [-0.2, -0.15) is 0 Å². The average molecular weight is 212 g/mol. The smallest absolute Gasteiger partial charge is 0.153 e. The molecule has 3 nitrogen and oxygen atoms in total. The summed E-state index contributed by atoms with van der Waals surface area (Å²) in [5, 5.41) is 0. The summed E-state index contributed by atoms with van der Waals surface area (Å²) < 4.78 is 0. The highest BCUT2D eigenvalue weighted by Crippen LogP contribution is 2.03. The van der Waals surface area contributed by atoms with Crippen molar-refractivity contribution in [3.05, 3.63) is 59.7 Å². The lowest BCUT2D eigenvalue weighted by molar-refractivity contribution is 0.112. The second-order valence-corrected chi connectivity index (χ2v) is 3.54. The van der Waals surface area contributed by atoms with Crippen LogP contribution in [0.25, 0.3) is 0 Å². The van der Waals surface area contributed by atoms with Crippen molar-refractivity contribution in [3.8, 4) is 0 Å². The molecule has 0 amide bonds. The predicted octanol–water partition coefficient (Wildman–Crippen LogP) is 2.07. The van der Waals surface area contributed by atoms with E-state index >= 15 is 0 Å². The van der Waals surface area contributed by atoms with Crippen LogP contribution in [0.4, 0.5) is 0 Å². The summed E-state index contributed by atoms with van der Waals surface area (Å²) in [4.78, 5) is 18.7. The maximum atomic E-state index is 10.4. The molecular formula is C13H12N2O. The molecule has 0 aliphatic carbocycles. The predicted molar refractivity (Wildman–Crippen MR) is 61.3 cm³/mol. The lowest BCUT2D eigenvalue weighted by Gasteiger charge is -2.00. The summed E-state index contributed by atoms with van der Waals surface area (Å²) in [6.45, 7) is 0. The Morgan fingerprint density at radius 3 is 2.31 bits per heavy atom. The molecular weight excluding hydrogens is 200 g/mol. The molecule has 0 bridgehead atoms. The monoisotopic (exact) mass is 212 g/mol. The van der Waals surface area contributed by atoms with Gasteiger partial charge in [-0.3, -0.25) is 4.79 Å². The maximum Gasteiger partial charge on any atom is 0.153 e. The Bertz CT molecular complexity index is 451. The molecule has 0 atom stereocenters. The van der Waals surface area contributed by atoms with Gasteiger partial charge in [0.1, 0.15) is 5.82 Å². The Morgan fingerprint density at radius 1 is 1.00 bits per heavy atom. The van der Waals surface area contributed by atoms with E-state index in [1.54, 1.807) is 12.4 Å². The summed E-state index contributed by atoms with van der Waals surface area (Å²) in [6, 6.07) is 10.2. The molecule has 2 rings (SSSR count). The Hall–Kier alpha value is -2.03. The first kappa shape index (κ1) is 10.5. The molecule has 1 aromatic heterocycles. The number of hydrogen-bond donors (Lipinski definition) is 0. The molecule has 0 N–H and O–H groups in total. The quantitative estimate of drug-likeness (QED) is 0.729. The molecule has 0 saturated heterocycles. The van der Waals surface area contributed by atoms with Gasteiger partial charge in [-0.15, -0.1) is 0 Å². The first-order chi connectivity index (χ1) is 7.88. The normalized spacial score (nSPS) is 10.0. The van der Waals surface area contributed by atoms with Crippen molar-refractivity contribution in [1.29, 1.82) is 0 Å². The fourth-order valence-electron chi connectivity index (χ4n) is 1.46. The van der Waals surface area contributed by atoms with Crippen LogP contribution in [0.15, 0.2) is 42.7 Å². The zero-order valence-corrected chi connectivity index (χ0v) is 8.84. The SMILES string of the molecule is O=Cc1cnc(CCc2ccccc2)nc1. The van der Waals surface area contributed by atoms with Crippen LogP contribution < -0.4 is 0 Å². The summed E-state index contributed by atoms with van der Waals surface area (Å²) >= 11 is 0. The van der Waals surface area contributed by atoms with Gasteiger partial charge in [0.05, 0.1) is 5.56 Å². The molecule has 0 radical (unpaired) electrons. The van der Waals surface area contributed by atoms with Crippen molar-refractivity contribution in [2.45, 2.75) is 12.8 Å². The van der Waals surface area contributed by atoms with E-state index in [9.17, 15) is 4.79 Å². The summed E-state index contributed by atoms with van der Waals surface area (Å²) in [5.74, 6) is 0.773. The molecule has 3 heteroatoms. The standard InChI is InChI=1S/C13H12N2O/c16-10-12-8-14-13(15-9-12)7-6-11-4-2-1-3-5-11/h1-5,8-10H,6-7H2. The molecule has 0 aliphatic rings. The summed E-state index contributed by atoms with van der Waals surface area (Å²) in [5.41, 5.74) is 1.79. The van der Waals surface area contributed by atoms with Gasteiger partial charge in [-0.1, -0.05) is 30.3 Å². The van der Waals surface area contributed by atoms with E-state index < -0.39 is 0 Å². The van der Waals surface area contributed by atoms with Crippen LogP contribution in [0, 0.1) is 0 Å².